The van der Waals surface area contributed by atoms with Crippen molar-refractivity contribution >= 4 is 0 Å². The van der Waals surface area contributed by atoms with Crippen molar-refractivity contribution in [2.75, 3.05) is 39.5 Å². The second kappa shape index (κ2) is 7.07. The first-order chi connectivity index (χ1) is 9.56. The third-order valence-electron chi connectivity index (χ3n) is 3.75. The van der Waals surface area contributed by atoms with E-state index in [0.29, 0.717) is 6.61 Å². The van der Waals surface area contributed by atoms with Crippen molar-refractivity contribution < 1.29 is 19.5 Å². The Balaban J connectivity index is 1.85. The average molecular weight is 280 g/mol. The fraction of sp³-hybridized carbons (Fsp3) is 0.625. The summed E-state index contributed by atoms with van der Waals surface area (Å²) in [6, 6.07) is 4.23. The molecule has 0 bridgehead atoms. The molecule has 0 radical (unpaired) electrons. The van der Waals surface area contributed by atoms with Crippen LogP contribution < -0.4 is 9.64 Å². The highest BCUT2D eigenvalue weighted by atomic mass is 16.5. The van der Waals surface area contributed by atoms with E-state index in [1.807, 2.05) is 0 Å². The molecule has 0 amide bonds. The minimum atomic E-state index is -0.428. The van der Waals surface area contributed by atoms with Crippen LogP contribution in [0.2, 0.25) is 0 Å². The Kier molecular flexibility index (Phi) is 5.40. The lowest BCUT2D eigenvalue weighted by Gasteiger charge is -2.26. The van der Waals surface area contributed by atoms with Crippen LogP contribution in [-0.2, 0) is 4.74 Å². The summed E-state index contributed by atoms with van der Waals surface area (Å²) >= 11 is 0. The normalized spacial score (nSPS) is 18.0. The highest BCUT2D eigenvalue weighted by molar-refractivity contribution is 5.42. The second-order valence-electron chi connectivity index (χ2n) is 5.76. The molecule has 0 spiro atoms. The molecule has 4 heteroatoms. The van der Waals surface area contributed by atoms with Crippen molar-refractivity contribution in [3.63, 3.8) is 0 Å². The lowest BCUT2D eigenvalue weighted by Crippen LogP contribution is -3.15. The van der Waals surface area contributed by atoms with Gasteiger partial charge in [-0.25, -0.2) is 0 Å². The van der Waals surface area contributed by atoms with Crippen LogP contribution in [-0.4, -0.2) is 50.7 Å². The number of aliphatic hydroxyl groups is 1. The molecule has 112 valence electrons. The van der Waals surface area contributed by atoms with Crippen molar-refractivity contribution in [2.24, 2.45) is 0 Å². The molecule has 1 heterocycles. The number of ether oxygens (including phenoxy) is 2. The number of morpholine rings is 1. The number of benzene rings is 1. The van der Waals surface area contributed by atoms with E-state index in [0.717, 1.165) is 49.7 Å². The fourth-order valence-corrected chi connectivity index (χ4v) is 2.83. The zero-order chi connectivity index (χ0) is 14.5. The van der Waals surface area contributed by atoms with Crippen LogP contribution in [0.1, 0.15) is 16.7 Å². The minimum absolute atomic E-state index is 0.356. The van der Waals surface area contributed by atoms with Gasteiger partial charge in [0.2, 0.25) is 0 Å². The molecule has 0 saturated carbocycles. The average Bonchev–Trinajstić information content (AvgIpc) is 2.38. The standard InChI is InChI=1S/C16H25NO3/c1-12-8-13(2)16(14(3)9-12)20-11-15(18)10-17-4-6-19-7-5-17/h8-9,15,18H,4-7,10-11H2,1-3H3/p+1/t15-/m1/s1. The predicted octanol–water partition coefficient (Wildman–Crippen LogP) is 0.267. The molecule has 1 aliphatic rings. The lowest BCUT2D eigenvalue weighted by molar-refractivity contribution is -0.911. The van der Waals surface area contributed by atoms with Crippen LogP contribution in [0.5, 0.6) is 5.75 Å². The van der Waals surface area contributed by atoms with Gasteiger partial charge in [-0.1, -0.05) is 17.7 Å². The molecule has 1 saturated heterocycles. The van der Waals surface area contributed by atoms with Gasteiger partial charge in [0.1, 0.15) is 38.1 Å². The fourth-order valence-electron chi connectivity index (χ4n) is 2.83. The Morgan fingerprint density at radius 3 is 2.40 bits per heavy atom. The monoisotopic (exact) mass is 280 g/mol. The molecule has 20 heavy (non-hydrogen) atoms. The van der Waals surface area contributed by atoms with Gasteiger partial charge in [-0.05, 0) is 31.9 Å². The first-order valence-corrected chi connectivity index (χ1v) is 7.36. The van der Waals surface area contributed by atoms with Gasteiger partial charge in [0.25, 0.3) is 0 Å². The topological polar surface area (TPSA) is 43.1 Å². The number of aryl methyl sites for hydroxylation is 3. The van der Waals surface area contributed by atoms with Crippen molar-refractivity contribution in [2.45, 2.75) is 26.9 Å². The first kappa shape index (κ1) is 15.3. The van der Waals surface area contributed by atoms with E-state index < -0.39 is 6.10 Å². The van der Waals surface area contributed by atoms with Crippen molar-refractivity contribution in [1.29, 1.82) is 0 Å². The van der Waals surface area contributed by atoms with Crippen molar-refractivity contribution in [3.05, 3.63) is 28.8 Å². The van der Waals surface area contributed by atoms with E-state index >= 15 is 0 Å². The summed E-state index contributed by atoms with van der Waals surface area (Å²) in [6.45, 7) is 10.8. The molecule has 1 fully saturated rings. The summed E-state index contributed by atoms with van der Waals surface area (Å²) in [5, 5.41) is 10.1. The van der Waals surface area contributed by atoms with Gasteiger partial charge in [-0.2, -0.15) is 0 Å². The van der Waals surface area contributed by atoms with Gasteiger partial charge in [-0.15, -0.1) is 0 Å². The van der Waals surface area contributed by atoms with E-state index in [2.05, 4.69) is 32.9 Å². The Hall–Kier alpha value is -1.10. The van der Waals surface area contributed by atoms with Crippen molar-refractivity contribution in [3.8, 4) is 5.75 Å². The number of aliphatic hydroxyl groups excluding tert-OH is 1. The van der Waals surface area contributed by atoms with Gasteiger partial charge in [0, 0.05) is 0 Å². The van der Waals surface area contributed by atoms with E-state index in [4.69, 9.17) is 9.47 Å². The number of hydrogen-bond acceptors (Lipinski definition) is 3. The number of quaternary nitrogens is 1. The maximum atomic E-state index is 10.1. The Morgan fingerprint density at radius 2 is 1.80 bits per heavy atom. The highest BCUT2D eigenvalue weighted by Crippen LogP contribution is 2.24. The van der Waals surface area contributed by atoms with Crippen LogP contribution >= 0.6 is 0 Å². The van der Waals surface area contributed by atoms with E-state index in [9.17, 15) is 5.11 Å². The third kappa shape index (κ3) is 4.20. The summed E-state index contributed by atoms with van der Waals surface area (Å²) in [6.07, 6.45) is -0.428. The van der Waals surface area contributed by atoms with Gasteiger partial charge in [0.05, 0.1) is 13.2 Å². The van der Waals surface area contributed by atoms with E-state index in [-0.39, 0.29) is 0 Å². The van der Waals surface area contributed by atoms with Crippen LogP contribution in [0.15, 0.2) is 12.1 Å². The van der Waals surface area contributed by atoms with Crippen LogP contribution in [0.3, 0.4) is 0 Å². The molecule has 1 aromatic carbocycles. The Labute approximate surface area is 121 Å². The predicted molar refractivity (Wildman–Crippen MR) is 78.5 cm³/mol. The first-order valence-electron chi connectivity index (χ1n) is 7.36. The van der Waals surface area contributed by atoms with E-state index in [1.54, 1.807) is 0 Å². The van der Waals surface area contributed by atoms with E-state index in [1.165, 1.54) is 10.5 Å². The number of nitrogens with one attached hydrogen (secondary N) is 1. The molecule has 0 aliphatic carbocycles. The molecule has 2 N–H and O–H groups in total. The molecular weight excluding hydrogens is 254 g/mol. The van der Waals surface area contributed by atoms with Crippen molar-refractivity contribution in [1.82, 2.24) is 0 Å². The Morgan fingerprint density at radius 1 is 1.20 bits per heavy atom. The van der Waals surface area contributed by atoms with Gasteiger partial charge >= 0.3 is 0 Å². The zero-order valence-corrected chi connectivity index (χ0v) is 12.7. The number of hydrogen-bond donors (Lipinski definition) is 2. The van der Waals surface area contributed by atoms with Crippen LogP contribution in [0, 0.1) is 20.8 Å². The molecule has 1 aliphatic heterocycles. The maximum Gasteiger partial charge on any atom is 0.137 e. The minimum Gasteiger partial charge on any atom is -0.490 e. The van der Waals surface area contributed by atoms with Gasteiger partial charge in [0.15, 0.2) is 0 Å². The smallest absolute Gasteiger partial charge is 0.137 e. The number of rotatable bonds is 5. The maximum absolute atomic E-state index is 10.1. The lowest BCUT2D eigenvalue weighted by atomic mass is 10.1. The van der Waals surface area contributed by atoms with Gasteiger partial charge in [-0.3, -0.25) is 0 Å². The summed E-state index contributed by atoms with van der Waals surface area (Å²) in [5.41, 5.74) is 3.51. The SMILES string of the molecule is Cc1cc(C)c(OC[C@H](O)C[NH+]2CCOCC2)c(C)c1. The van der Waals surface area contributed by atoms with Crippen LogP contribution in [0.4, 0.5) is 0 Å². The highest BCUT2D eigenvalue weighted by Gasteiger charge is 2.19. The summed E-state index contributed by atoms with van der Waals surface area (Å²) in [5.74, 6) is 0.909. The summed E-state index contributed by atoms with van der Waals surface area (Å²) in [4.78, 5) is 1.39. The molecule has 0 aromatic heterocycles. The molecular formula is C16H26NO3+. The second-order valence-corrected chi connectivity index (χ2v) is 5.76. The third-order valence-corrected chi connectivity index (χ3v) is 3.75. The molecule has 1 aromatic rings. The summed E-state index contributed by atoms with van der Waals surface area (Å²) < 4.78 is 11.2. The quantitative estimate of drug-likeness (QED) is 0.813. The molecule has 2 rings (SSSR count). The Bertz CT molecular complexity index is 418. The zero-order valence-electron chi connectivity index (χ0n) is 12.7. The van der Waals surface area contributed by atoms with Crippen LogP contribution in [0.25, 0.3) is 0 Å². The largest absolute Gasteiger partial charge is 0.490 e. The van der Waals surface area contributed by atoms with Gasteiger partial charge < -0.3 is 19.5 Å². The molecule has 1 atom stereocenters. The summed E-state index contributed by atoms with van der Waals surface area (Å²) in [7, 11) is 0. The molecule has 0 unspecified atom stereocenters. The molecule has 4 nitrogen and oxygen atoms in total.